The van der Waals surface area contributed by atoms with E-state index in [4.69, 9.17) is 0 Å². The first-order chi connectivity index (χ1) is 8.29. The SMILES string of the molecule is Cc1ccc(-n2[nH]c(C(F)(F)F)cc2=O)cc1C. The van der Waals surface area contributed by atoms with Crippen LogP contribution in [0.2, 0.25) is 0 Å². The first kappa shape index (κ1) is 12.5. The summed E-state index contributed by atoms with van der Waals surface area (Å²) in [5, 5.41) is 2.06. The van der Waals surface area contributed by atoms with Gasteiger partial charge in [0.1, 0.15) is 5.69 Å². The quantitative estimate of drug-likeness (QED) is 0.837. The van der Waals surface area contributed by atoms with Gasteiger partial charge in [0.05, 0.1) is 5.69 Å². The van der Waals surface area contributed by atoms with Crippen LogP contribution in [-0.4, -0.2) is 9.78 Å². The lowest BCUT2D eigenvalue weighted by Crippen LogP contribution is -2.13. The van der Waals surface area contributed by atoms with Crippen molar-refractivity contribution in [3.05, 3.63) is 51.4 Å². The fourth-order valence-electron chi connectivity index (χ4n) is 1.60. The highest BCUT2D eigenvalue weighted by Crippen LogP contribution is 2.26. The number of halogens is 3. The summed E-state index contributed by atoms with van der Waals surface area (Å²) < 4.78 is 38.3. The summed E-state index contributed by atoms with van der Waals surface area (Å²) in [6, 6.07) is 5.56. The molecular formula is C12H11F3N2O. The number of nitrogens with one attached hydrogen (secondary N) is 1. The highest BCUT2D eigenvalue weighted by atomic mass is 19.4. The Balaban J connectivity index is 2.55. The summed E-state index contributed by atoms with van der Waals surface area (Å²) in [5.74, 6) is 0. The highest BCUT2D eigenvalue weighted by molar-refractivity contribution is 5.39. The largest absolute Gasteiger partial charge is 0.432 e. The molecule has 2 rings (SSSR count). The van der Waals surface area contributed by atoms with Crippen LogP contribution >= 0.6 is 0 Å². The van der Waals surface area contributed by atoms with Crippen LogP contribution in [-0.2, 0) is 6.18 Å². The van der Waals surface area contributed by atoms with Crippen molar-refractivity contribution in [3.8, 4) is 5.69 Å². The molecule has 0 spiro atoms. The molecule has 1 heterocycles. The fraction of sp³-hybridized carbons (Fsp3) is 0.250. The molecule has 96 valence electrons. The van der Waals surface area contributed by atoms with Gasteiger partial charge in [0.2, 0.25) is 0 Å². The van der Waals surface area contributed by atoms with Crippen molar-refractivity contribution in [2.24, 2.45) is 0 Å². The number of benzene rings is 1. The predicted molar refractivity (Wildman–Crippen MR) is 60.9 cm³/mol. The number of rotatable bonds is 1. The molecule has 3 nitrogen and oxygen atoms in total. The number of aromatic nitrogens is 2. The Hall–Kier alpha value is -1.98. The predicted octanol–water partition coefficient (Wildman–Crippen LogP) is 2.80. The van der Waals surface area contributed by atoms with Gasteiger partial charge in [-0.3, -0.25) is 9.89 Å². The Morgan fingerprint density at radius 2 is 1.78 bits per heavy atom. The van der Waals surface area contributed by atoms with Crippen molar-refractivity contribution in [1.82, 2.24) is 9.78 Å². The van der Waals surface area contributed by atoms with Gasteiger partial charge in [0.15, 0.2) is 0 Å². The van der Waals surface area contributed by atoms with Crippen molar-refractivity contribution < 1.29 is 13.2 Å². The minimum atomic E-state index is -4.55. The Labute approximate surface area is 101 Å². The number of aryl methyl sites for hydroxylation is 2. The average Bonchev–Trinajstić information content (AvgIpc) is 2.64. The molecule has 0 aliphatic heterocycles. The van der Waals surface area contributed by atoms with Gasteiger partial charge < -0.3 is 0 Å². The third-order valence-corrected chi connectivity index (χ3v) is 2.77. The molecule has 0 aliphatic carbocycles. The van der Waals surface area contributed by atoms with Crippen LogP contribution < -0.4 is 5.56 Å². The molecule has 0 radical (unpaired) electrons. The van der Waals surface area contributed by atoms with Crippen molar-refractivity contribution in [1.29, 1.82) is 0 Å². The van der Waals surface area contributed by atoms with Gasteiger partial charge in [-0.2, -0.15) is 13.2 Å². The lowest BCUT2D eigenvalue weighted by molar-refractivity contribution is -0.141. The van der Waals surface area contributed by atoms with Gasteiger partial charge in [-0.1, -0.05) is 6.07 Å². The minimum absolute atomic E-state index is 0.388. The molecule has 18 heavy (non-hydrogen) atoms. The third kappa shape index (κ3) is 2.18. The van der Waals surface area contributed by atoms with E-state index in [9.17, 15) is 18.0 Å². The molecule has 0 aliphatic rings. The number of hydrogen-bond donors (Lipinski definition) is 1. The highest BCUT2D eigenvalue weighted by Gasteiger charge is 2.33. The van der Waals surface area contributed by atoms with Gasteiger partial charge in [-0.15, -0.1) is 0 Å². The van der Waals surface area contributed by atoms with Crippen molar-refractivity contribution in [2.75, 3.05) is 0 Å². The molecule has 0 amide bonds. The molecule has 6 heteroatoms. The first-order valence-electron chi connectivity index (χ1n) is 5.26. The second kappa shape index (κ2) is 4.04. The normalized spacial score (nSPS) is 11.8. The summed E-state index contributed by atoms with van der Waals surface area (Å²) in [7, 11) is 0. The topological polar surface area (TPSA) is 37.8 Å². The summed E-state index contributed by atoms with van der Waals surface area (Å²) in [6.07, 6.45) is -4.55. The monoisotopic (exact) mass is 256 g/mol. The molecule has 0 saturated heterocycles. The van der Waals surface area contributed by atoms with Gasteiger partial charge >= 0.3 is 6.18 Å². The van der Waals surface area contributed by atoms with Crippen LogP contribution in [0.3, 0.4) is 0 Å². The number of H-pyrrole nitrogens is 1. The molecule has 0 saturated carbocycles. The van der Waals surface area contributed by atoms with Gasteiger partial charge in [-0.25, -0.2) is 4.68 Å². The van der Waals surface area contributed by atoms with E-state index in [0.29, 0.717) is 11.8 Å². The molecule has 0 unspecified atom stereocenters. The third-order valence-electron chi connectivity index (χ3n) is 2.77. The van der Waals surface area contributed by atoms with E-state index < -0.39 is 17.4 Å². The maximum Gasteiger partial charge on any atom is 0.432 e. The van der Waals surface area contributed by atoms with Crippen LogP contribution in [0, 0.1) is 13.8 Å². The fourth-order valence-corrected chi connectivity index (χ4v) is 1.60. The Morgan fingerprint density at radius 1 is 1.11 bits per heavy atom. The maximum atomic E-state index is 12.5. The maximum absolute atomic E-state index is 12.5. The van der Waals surface area contributed by atoms with Crippen molar-refractivity contribution in [3.63, 3.8) is 0 Å². The van der Waals surface area contributed by atoms with Gasteiger partial charge in [0, 0.05) is 6.07 Å². The number of alkyl halides is 3. The molecule has 1 aromatic heterocycles. The average molecular weight is 256 g/mol. The molecule has 2 aromatic rings. The van der Waals surface area contributed by atoms with Gasteiger partial charge in [-0.05, 0) is 37.1 Å². The first-order valence-corrected chi connectivity index (χ1v) is 5.26. The lowest BCUT2D eigenvalue weighted by atomic mass is 10.1. The smallest absolute Gasteiger partial charge is 0.286 e. The van der Waals surface area contributed by atoms with Crippen LogP contribution in [0.4, 0.5) is 13.2 Å². The number of nitrogens with zero attached hydrogens (tertiary/aromatic N) is 1. The number of aromatic amines is 1. The zero-order chi connectivity index (χ0) is 13.5. The zero-order valence-electron chi connectivity index (χ0n) is 9.80. The van der Waals surface area contributed by atoms with Crippen LogP contribution in [0.5, 0.6) is 0 Å². The van der Waals surface area contributed by atoms with Crippen LogP contribution in [0.25, 0.3) is 5.69 Å². The summed E-state index contributed by atoms with van der Waals surface area (Å²) >= 11 is 0. The molecule has 0 atom stereocenters. The van der Waals surface area contributed by atoms with E-state index in [-0.39, 0.29) is 0 Å². The van der Waals surface area contributed by atoms with E-state index in [2.05, 4.69) is 5.10 Å². The molecule has 1 aromatic carbocycles. The summed E-state index contributed by atoms with van der Waals surface area (Å²) in [5.41, 5.74) is 0.520. The molecule has 0 fully saturated rings. The molecule has 1 N–H and O–H groups in total. The van der Waals surface area contributed by atoms with E-state index in [1.807, 2.05) is 13.8 Å². The standard InChI is InChI=1S/C12H11F3N2O/c1-7-3-4-9(5-8(7)2)17-11(18)6-10(16-17)12(13,14)15/h3-6,16H,1-2H3. The van der Waals surface area contributed by atoms with Crippen LogP contribution in [0.1, 0.15) is 16.8 Å². The lowest BCUT2D eigenvalue weighted by Gasteiger charge is -2.06. The summed E-state index contributed by atoms with van der Waals surface area (Å²) in [6.45, 7) is 3.72. The minimum Gasteiger partial charge on any atom is -0.286 e. The second-order valence-electron chi connectivity index (χ2n) is 4.11. The Morgan fingerprint density at radius 3 is 2.28 bits per heavy atom. The number of hydrogen-bond acceptors (Lipinski definition) is 1. The second-order valence-corrected chi connectivity index (χ2v) is 4.11. The zero-order valence-corrected chi connectivity index (χ0v) is 9.80. The van der Waals surface area contributed by atoms with Crippen molar-refractivity contribution in [2.45, 2.75) is 20.0 Å². The van der Waals surface area contributed by atoms with E-state index in [1.165, 1.54) is 0 Å². The van der Waals surface area contributed by atoms with Gasteiger partial charge in [0.25, 0.3) is 5.56 Å². The Bertz CT molecular complexity index is 638. The molecule has 0 bridgehead atoms. The van der Waals surface area contributed by atoms with E-state index >= 15 is 0 Å². The molecular weight excluding hydrogens is 245 g/mol. The van der Waals surface area contributed by atoms with Crippen molar-refractivity contribution >= 4 is 0 Å². The van der Waals surface area contributed by atoms with E-state index in [1.54, 1.807) is 18.2 Å². The Kier molecular flexibility index (Phi) is 2.80. The van der Waals surface area contributed by atoms with E-state index in [0.717, 1.165) is 15.8 Å². The summed E-state index contributed by atoms with van der Waals surface area (Å²) in [4.78, 5) is 11.5. The van der Waals surface area contributed by atoms with Crippen LogP contribution in [0.15, 0.2) is 29.1 Å².